The predicted octanol–water partition coefficient (Wildman–Crippen LogP) is 3.28. The average molecular weight is 247 g/mol. The molecule has 17 heavy (non-hydrogen) atoms. The Bertz CT molecular complexity index is 322. The highest BCUT2D eigenvalue weighted by Gasteiger charge is 2.29. The zero-order valence-corrected chi connectivity index (χ0v) is 9.43. The lowest BCUT2D eigenvalue weighted by atomic mass is 10.2. The van der Waals surface area contributed by atoms with Crippen LogP contribution in [-0.4, -0.2) is 18.3 Å². The molecular weight excluding hydrogens is 231 g/mol. The lowest BCUT2D eigenvalue weighted by Gasteiger charge is -2.09. The SMILES string of the molecule is OCCCCCNc1ccc(C(F)(F)F)cc1. The molecule has 0 heterocycles. The Balaban J connectivity index is 2.36. The van der Waals surface area contributed by atoms with E-state index in [0.717, 1.165) is 31.4 Å². The fourth-order valence-corrected chi connectivity index (χ4v) is 1.42. The van der Waals surface area contributed by atoms with Gasteiger partial charge in [-0.3, -0.25) is 0 Å². The van der Waals surface area contributed by atoms with Crippen LogP contribution in [0, 0.1) is 0 Å². The van der Waals surface area contributed by atoms with Gasteiger partial charge in [0.1, 0.15) is 0 Å². The summed E-state index contributed by atoms with van der Waals surface area (Å²) in [5.74, 6) is 0. The summed E-state index contributed by atoms with van der Waals surface area (Å²) in [6.07, 6.45) is -1.72. The highest BCUT2D eigenvalue weighted by atomic mass is 19.4. The third kappa shape index (κ3) is 5.08. The lowest BCUT2D eigenvalue weighted by molar-refractivity contribution is -0.137. The number of aliphatic hydroxyl groups excluding tert-OH is 1. The Morgan fingerprint density at radius 1 is 1.00 bits per heavy atom. The molecule has 2 nitrogen and oxygen atoms in total. The van der Waals surface area contributed by atoms with E-state index < -0.39 is 11.7 Å². The van der Waals surface area contributed by atoms with Crippen molar-refractivity contribution in [3.8, 4) is 0 Å². The van der Waals surface area contributed by atoms with Gasteiger partial charge in [0, 0.05) is 18.8 Å². The molecular formula is C12H16F3NO. The first-order valence-electron chi connectivity index (χ1n) is 5.56. The number of halogens is 3. The van der Waals surface area contributed by atoms with Gasteiger partial charge in [0.15, 0.2) is 0 Å². The maximum atomic E-state index is 12.3. The molecule has 0 aliphatic rings. The molecule has 0 saturated carbocycles. The molecule has 0 fully saturated rings. The molecule has 5 heteroatoms. The Kier molecular flexibility index (Phi) is 5.28. The summed E-state index contributed by atoms with van der Waals surface area (Å²) in [4.78, 5) is 0. The van der Waals surface area contributed by atoms with Crippen LogP contribution in [0.5, 0.6) is 0 Å². The van der Waals surface area contributed by atoms with Crippen LogP contribution in [-0.2, 0) is 6.18 Å². The summed E-state index contributed by atoms with van der Waals surface area (Å²) in [5.41, 5.74) is 0.0466. The van der Waals surface area contributed by atoms with Gasteiger partial charge in [-0.1, -0.05) is 0 Å². The number of alkyl halides is 3. The molecule has 0 saturated heterocycles. The minimum atomic E-state index is -4.28. The second kappa shape index (κ2) is 6.49. The number of rotatable bonds is 6. The molecule has 1 aromatic carbocycles. The van der Waals surface area contributed by atoms with Crippen molar-refractivity contribution in [2.75, 3.05) is 18.5 Å². The molecule has 0 aliphatic heterocycles. The monoisotopic (exact) mass is 247 g/mol. The van der Waals surface area contributed by atoms with E-state index >= 15 is 0 Å². The van der Waals surface area contributed by atoms with E-state index in [9.17, 15) is 13.2 Å². The van der Waals surface area contributed by atoms with Crippen molar-refractivity contribution in [1.29, 1.82) is 0 Å². The van der Waals surface area contributed by atoms with Crippen LogP contribution < -0.4 is 5.32 Å². The van der Waals surface area contributed by atoms with Crippen LogP contribution >= 0.6 is 0 Å². The molecule has 0 amide bonds. The third-order valence-corrected chi connectivity index (χ3v) is 2.38. The zero-order valence-electron chi connectivity index (χ0n) is 9.43. The molecule has 0 spiro atoms. The van der Waals surface area contributed by atoms with E-state index in [1.165, 1.54) is 12.1 Å². The Morgan fingerprint density at radius 3 is 2.18 bits per heavy atom. The minimum Gasteiger partial charge on any atom is -0.396 e. The second-order valence-corrected chi connectivity index (χ2v) is 3.79. The highest BCUT2D eigenvalue weighted by Crippen LogP contribution is 2.29. The first kappa shape index (κ1) is 13.8. The van der Waals surface area contributed by atoms with E-state index in [-0.39, 0.29) is 6.61 Å². The normalized spacial score (nSPS) is 11.5. The predicted molar refractivity (Wildman–Crippen MR) is 60.9 cm³/mol. The summed E-state index contributed by atoms with van der Waals surface area (Å²) in [6, 6.07) is 4.98. The third-order valence-electron chi connectivity index (χ3n) is 2.38. The van der Waals surface area contributed by atoms with Gasteiger partial charge < -0.3 is 10.4 Å². The number of nitrogens with one attached hydrogen (secondary N) is 1. The van der Waals surface area contributed by atoms with Crippen molar-refractivity contribution in [1.82, 2.24) is 0 Å². The molecule has 96 valence electrons. The van der Waals surface area contributed by atoms with Crippen LogP contribution in [0.1, 0.15) is 24.8 Å². The highest BCUT2D eigenvalue weighted by molar-refractivity contribution is 5.44. The summed E-state index contributed by atoms with van der Waals surface area (Å²) < 4.78 is 36.8. The van der Waals surface area contributed by atoms with Crippen LogP contribution in [0.25, 0.3) is 0 Å². The molecule has 0 bridgehead atoms. The summed E-state index contributed by atoms with van der Waals surface area (Å²) in [7, 11) is 0. The molecule has 1 rings (SSSR count). The molecule has 0 aliphatic carbocycles. The van der Waals surface area contributed by atoms with Gasteiger partial charge >= 0.3 is 6.18 Å². The fraction of sp³-hybridized carbons (Fsp3) is 0.500. The number of hydrogen-bond acceptors (Lipinski definition) is 2. The van der Waals surface area contributed by atoms with Crippen molar-refractivity contribution in [3.05, 3.63) is 29.8 Å². The number of aliphatic hydroxyl groups is 1. The maximum absolute atomic E-state index is 12.3. The zero-order chi connectivity index (χ0) is 12.7. The molecule has 0 atom stereocenters. The van der Waals surface area contributed by atoms with Crippen molar-refractivity contribution in [2.24, 2.45) is 0 Å². The summed E-state index contributed by atoms with van der Waals surface area (Å²) >= 11 is 0. The lowest BCUT2D eigenvalue weighted by Crippen LogP contribution is -2.06. The standard InChI is InChI=1S/C12H16F3NO/c13-12(14,15)10-4-6-11(7-5-10)16-8-2-1-3-9-17/h4-7,16-17H,1-3,8-9H2. The van der Waals surface area contributed by atoms with E-state index in [1.807, 2.05) is 0 Å². The number of anilines is 1. The van der Waals surface area contributed by atoms with E-state index in [0.29, 0.717) is 12.2 Å². The van der Waals surface area contributed by atoms with Crippen molar-refractivity contribution in [3.63, 3.8) is 0 Å². The Morgan fingerprint density at radius 2 is 1.65 bits per heavy atom. The van der Waals surface area contributed by atoms with Gasteiger partial charge in [-0.25, -0.2) is 0 Å². The van der Waals surface area contributed by atoms with Crippen molar-refractivity contribution in [2.45, 2.75) is 25.4 Å². The van der Waals surface area contributed by atoms with Crippen LogP contribution in [0.2, 0.25) is 0 Å². The van der Waals surface area contributed by atoms with E-state index in [4.69, 9.17) is 5.11 Å². The number of unbranched alkanes of at least 4 members (excludes halogenated alkanes) is 2. The van der Waals surface area contributed by atoms with Gasteiger partial charge in [0.2, 0.25) is 0 Å². The van der Waals surface area contributed by atoms with Crippen LogP contribution in [0.3, 0.4) is 0 Å². The smallest absolute Gasteiger partial charge is 0.396 e. The number of benzene rings is 1. The van der Waals surface area contributed by atoms with Crippen molar-refractivity contribution >= 4 is 5.69 Å². The molecule has 0 radical (unpaired) electrons. The van der Waals surface area contributed by atoms with Gasteiger partial charge in [0.25, 0.3) is 0 Å². The van der Waals surface area contributed by atoms with Crippen LogP contribution in [0.4, 0.5) is 18.9 Å². The van der Waals surface area contributed by atoms with E-state index in [2.05, 4.69) is 5.32 Å². The van der Waals surface area contributed by atoms with E-state index in [1.54, 1.807) is 0 Å². The van der Waals surface area contributed by atoms with Gasteiger partial charge in [-0.2, -0.15) is 13.2 Å². The van der Waals surface area contributed by atoms with Gasteiger partial charge in [-0.05, 0) is 43.5 Å². The summed E-state index contributed by atoms with van der Waals surface area (Å²) in [5, 5.41) is 11.6. The largest absolute Gasteiger partial charge is 0.416 e. The molecule has 0 unspecified atom stereocenters. The molecule has 0 aromatic heterocycles. The average Bonchev–Trinajstić information content (AvgIpc) is 2.28. The molecule has 1 aromatic rings. The van der Waals surface area contributed by atoms with Crippen LogP contribution in [0.15, 0.2) is 24.3 Å². The summed E-state index contributed by atoms with van der Waals surface area (Å²) in [6.45, 7) is 0.881. The first-order valence-corrected chi connectivity index (χ1v) is 5.56. The second-order valence-electron chi connectivity index (χ2n) is 3.79. The first-order chi connectivity index (χ1) is 8.04. The van der Waals surface area contributed by atoms with Gasteiger partial charge in [-0.15, -0.1) is 0 Å². The van der Waals surface area contributed by atoms with Crippen molar-refractivity contribution < 1.29 is 18.3 Å². The Labute approximate surface area is 98.5 Å². The minimum absolute atomic E-state index is 0.181. The Hall–Kier alpha value is -1.23. The maximum Gasteiger partial charge on any atom is 0.416 e. The quantitative estimate of drug-likeness (QED) is 0.756. The van der Waals surface area contributed by atoms with Gasteiger partial charge in [0.05, 0.1) is 5.56 Å². The molecule has 2 N–H and O–H groups in total. The topological polar surface area (TPSA) is 32.3 Å². The fourth-order valence-electron chi connectivity index (χ4n) is 1.42. The number of hydrogen-bond donors (Lipinski definition) is 2.